The van der Waals surface area contributed by atoms with Crippen molar-refractivity contribution in [2.24, 2.45) is 5.73 Å². The summed E-state index contributed by atoms with van der Waals surface area (Å²) in [5, 5.41) is 36.5. The lowest BCUT2D eigenvalue weighted by Crippen LogP contribution is -2.43. The minimum absolute atomic E-state index is 0.0817. The molecular formula is C23H49NO4. The fourth-order valence-corrected chi connectivity index (χ4v) is 3.96. The van der Waals surface area contributed by atoms with Crippen molar-refractivity contribution in [2.45, 2.75) is 147 Å². The van der Waals surface area contributed by atoms with Gasteiger partial charge in [0.25, 0.3) is 0 Å². The molecule has 170 valence electrons. The topological polar surface area (TPSA) is 107 Å². The van der Waals surface area contributed by atoms with Crippen molar-refractivity contribution in [1.82, 2.24) is 0 Å². The van der Waals surface area contributed by atoms with Crippen molar-refractivity contribution in [3.63, 3.8) is 0 Å². The zero-order valence-corrected chi connectivity index (χ0v) is 18.5. The molecule has 0 saturated carbocycles. The van der Waals surface area contributed by atoms with Crippen LogP contribution in [-0.2, 0) is 0 Å². The van der Waals surface area contributed by atoms with Gasteiger partial charge in [-0.2, -0.15) is 0 Å². The maximum Gasteiger partial charge on any atom is 0.153 e. The van der Waals surface area contributed by atoms with Crippen LogP contribution in [0.1, 0.15) is 129 Å². The van der Waals surface area contributed by atoms with Crippen LogP contribution in [0.4, 0.5) is 0 Å². The van der Waals surface area contributed by atoms with E-state index in [9.17, 15) is 10.2 Å². The van der Waals surface area contributed by atoms with E-state index in [0.717, 1.165) is 12.8 Å². The average molecular weight is 404 g/mol. The Morgan fingerprint density at radius 2 is 0.964 bits per heavy atom. The predicted molar refractivity (Wildman–Crippen MR) is 117 cm³/mol. The minimum Gasteiger partial charge on any atom is -0.368 e. The van der Waals surface area contributed by atoms with E-state index in [1.54, 1.807) is 0 Å². The van der Waals surface area contributed by atoms with E-state index in [1.165, 1.54) is 83.5 Å². The zero-order chi connectivity index (χ0) is 21.1. The van der Waals surface area contributed by atoms with Crippen LogP contribution in [0.25, 0.3) is 0 Å². The van der Waals surface area contributed by atoms with Gasteiger partial charge in [0.15, 0.2) is 12.6 Å². The maximum atomic E-state index is 9.23. The Morgan fingerprint density at radius 3 is 1.32 bits per heavy atom. The third-order valence-corrected chi connectivity index (χ3v) is 5.77. The molecule has 0 heterocycles. The van der Waals surface area contributed by atoms with E-state index < -0.39 is 18.1 Å². The molecule has 0 spiro atoms. The Morgan fingerprint density at radius 1 is 0.571 bits per heavy atom. The summed E-state index contributed by atoms with van der Waals surface area (Å²) in [6.07, 6.45) is 18.1. The first-order valence-corrected chi connectivity index (χ1v) is 11.9. The van der Waals surface area contributed by atoms with Crippen LogP contribution in [0, 0.1) is 0 Å². The molecule has 6 N–H and O–H groups in total. The lowest BCUT2D eigenvalue weighted by Gasteiger charge is -2.31. The SMILES string of the molecule is CCCCCCCCCCCCCCCCCC(N)(CCC(O)O)CC(O)O. The zero-order valence-electron chi connectivity index (χ0n) is 18.5. The molecule has 1 unspecified atom stereocenters. The highest BCUT2D eigenvalue weighted by molar-refractivity contribution is 4.85. The Hall–Kier alpha value is -0.200. The summed E-state index contributed by atoms with van der Waals surface area (Å²) in [6.45, 7) is 2.26. The van der Waals surface area contributed by atoms with Crippen LogP contribution in [0.5, 0.6) is 0 Å². The summed E-state index contributed by atoms with van der Waals surface area (Å²) in [5.74, 6) is 0. The quantitative estimate of drug-likeness (QED) is 0.141. The van der Waals surface area contributed by atoms with Crippen molar-refractivity contribution in [1.29, 1.82) is 0 Å². The molecule has 0 aromatic heterocycles. The second-order valence-electron chi connectivity index (χ2n) is 8.77. The molecule has 0 rings (SSSR count). The number of aliphatic hydroxyl groups excluding tert-OH is 2. The Kier molecular flexibility index (Phi) is 18.7. The lowest BCUT2D eigenvalue weighted by molar-refractivity contribution is -0.0733. The van der Waals surface area contributed by atoms with Crippen LogP contribution in [0.15, 0.2) is 0 Å². The van der Waals surface area contributed by atoms with E-state index in [0.29, 0.717) is 12.8 Å². The monoisotopic (exact) mass is 403 g/mol. The van der Waals surface area contributed by atoms with Gasteiger partial charge in [-0.3, -0.25) is 0 Å². The van der Waals surface area contributed by atoms with Crippen molar-refractivity contribution in [3.05, 3.63) is 0 Å². The molecule has 0 aromatic carbocycles. The van der Waals surface area contributed by atoms with E-state index in [1.807, 2.05) is 0 Å². The molecule has 0 fully saturated rings. The number of rotatable bonds is 21. The fourth-order valence-electron chi connectivity index (χ4n) is 3.96. The molecule has 0 aromatic rings. The van der Waals surface area contributed by atoms with E-state index in [4.69, 9.17) is 15.9 Å². The summed E-state index contributed by atoms with van der Waals surface area (Å²) >= 11 is 0. The normalized spacial score (nSPS) is 14.1. The fraction of sp³-hybridized carbons (Fsp3) is 1.00. The van der Waals surface area contributed by atoms with Gasteiger partial charge in [-0.05, 0) is 19.3 Å². The lowest BCUT2D eigenvalue weighted by atomic mass is 9.85. The Labute approximate surface area is 173 Å². The molecule has 0 amide bonds. The third-order valence-electron chi connectivity index (χ3n) is 5.77. The average Bonchev–Trinajstić information content (AvgIpc) is 2.63. The Balaban J connectivity index is 3.53. The van der Waals surface area contributed by atoms with Crippen LogP contribution in [0.2, 0.25) is 0 Å². The summed E-state index contributed by atoms with van der Waals surface area (Å²) in [7, 11) is 0. The summed E-state index contributed by atoms with van der Waals surface area (Å²) in [4.78, 5) is 0. The molecule has 1 atom stereocenters. The van der Waals surface area contributed by atoms with Crippen molar-refractivity contribution < 1.29 is 20.4 Å². The van der Waals surface area contributed by atoms with E-state index in [-0.39, 0.29) is 12.8 Å². The smallest absolute Gasteiger partial charge is 0.153 e. The third kappa shape index (κ3) is 19.1. The van der Waals surface area contributed by atoms with Gasteiger partial charge in [0.1, 0.15) is 0 Å². The molecule has 0 radical (unpaired) electrons. The van der Waals surface area contributed by atoms with Crippen molar-refractivity contribution in [2.75, 3.05) is 0 Å². The van der Waals surface area contributed by atoms with Gasteiger partial charge in [0.2, 0.25) is 0 Å². The van der Waals surface area contributed by atoms with Crippen LogP contribution >= 0.6 is 0 Å². The van der Waals surface area contributed by atoms with Gasteiger partial charge in [-0.15, -0.1) is 0 Å². The predicted octanol–water partition coefficient (Wildman–Crippen LogP) is 4.74. The summed E-state index contributed by atoms with van der Waals surface area (Å²) in [6, 6.07) is 0. The number of hydrogen-bond donors (Lipinski definition) is 5. The second-order valence-corrected chi connectivity index (χ2v) is 8.77. The summed E-state index contributed by atoms with van der Waals surface area (Å²) in [5.41, 5.74) is 5.53. The first kappa shape index (κ1) is 27.8. The van der Waals surface area contributed by atoms with Gasteiger partial charge in [-0.1, -0.05) is 103 Å². The molecule has 0 bridgehead atoms. The van der Waals surface area contributed by atoms with Gasteiger partial charge >= 0.3 is 0 Å². The van der Waals surface area contributed by atoms with Crippen molar-refractivity contribution >= 4 is 0 Å². The number of nitrogens with two attached hydrogens (primary N) is 1. The highest BCUT2D eigenvalue weighted by Gasteiger charge is 2.27. The highest BCUT2D eigenvalue weighted by atomic mass is 16.5. The van der Waals surface area contributed by atoms with Gasteiger partial charge in [0, 0.05) is 12.0 Å². The van der Waals surface area contributed by atoms with Crippen LogP contribution in [-0.4, -0.2) is 38.5 Å². The number of hydrogen-bond acceptors (Lipinski definition) is 5. The van der Waals surface area contributed by atoms with Gasteiger partial charge in [0.05, 0.1) is 0 Å². The van der Waals surface area contributed by atoms with E-state index >= 15 is 0 Å². The van der Waals surface area contributed by atoms with Gasteiger partial charge in [-0.25, -0.2) is 0 Å². The first-order chi connectivity index (χ1) is 13.4. The largest absolute Gasteiger partial charge is 0.368 e. The molecule has 0 aliphatic carbocycles. The standard InChI is InChI=1S/C23H49NO4/c1-2-3-4-5-6-7-8-9-10-11-12-13-14-15-16-18-23(24,20-22(27)28)19-17-21(25)26/h21-22,25-28H,2-20,24H2,1H3. The number of unbranched alkanes of at least 4 members (excludes halogenated alkanes) is 14. The van der Waals surface area contributed by atoms with Crippen molar-refractivity contribution in [3.8, 4) is 0 Å². The van der Waals surface area contributed by atoms with Gasteiger partial charge < -0.3 is 26.2 Å². The second kappa shape index (κ2) is 18.8. The molecule has 0 saturated heterocycles. The van der Waals surface area contributed by atoms with E-state index in [2.05, 4.69) is 6.92 Å². The molecular weight excluding hydrogens is 354 g/mol. The number of aliphatic hydroxyl groups is 4. The Bertz CT molecular complexity index is 326. The summed E-state index contributed by atoms with van der Waals surface area (Å²) < 4.78 is 0. The molecule has 0 aliphatic heterocycles. The highest BCUT2D eigenvalue weighted by Crippen LogP contribution is 2.24. The molecule has 0 aliphatic rings. The van der Waals surface area contributed by atoms with Crippen LogP contribution in [0.3, 0.4) is 0 Å². The minimum atomic E-state index is -1.45. The first-order valence-electron chi connectivity index (χ1n) is 11.9. The van der Waals surface area contributed by atoms with Crippen LogP contribution < -0.4 is 5.73 Å². The molecule has 5 heteroatoms. The molecule has 5 nitrogen and oxygen atoms in total. The molecule has 28 heavy (non-hydrogen) atoms. The maximum absolute atomic E-state index is 9.23.